The van der Waals surface area contributed by atoms with E-state index in [0.717, 1.165) is 23.5 Å². The summed E-state index contributed by atoms with van der Waals surface area (Å²) in [6.45, 7) is 3.30. The lowest BCUT2D eigenvalue weighted by Gasteiger charge is -2.17. The van der Waals surface area contributed by atoms with Crippen molar-refractivity contribution in [2.45, 2.75) is 25.0 Å². The first-order valence-electron chi connectivity index (χ1n) is 11.6. The molecule has 1 N–H and O–H groups in total. The number of anilines is 1. The molecule has 0 fully saturated rings. The van der Waals surface area contributed by atoms with Crippen LogP contribution in [0.5, 0.6) is 5.75 Å². The Bertz CT molecular complexity index is 1350. The highest BCUT2D eigenvalue weighted by Gasteiger charge is 2.25. The number of nitrogens with zero attached hydrogens (tertiary/aromatic N) is 4. The van der Waals surface area contributed by atoms with Crippen LogP contribution in [0.4, 0.5) is 5.69 Å². The summed E-state index contributed by atoms with van der Waals surface area (Å²) in [4.78, 5) is 27.3. The van der Waals surface area contributed by atoms with Crippen LogP contribution >= 0.6 is 11.8 Å². The van der Waals surface area contributed by atoms with Crippen molar-refractivity contribution in [2.75, 3.05) is 23.8 Å². The van der Waals surface area contributed by atoms with E-state index in [-0.39, 0.29) is 29.9 Å². The molecule has 3 heterocycles. The molecule has 0 saturated carbocycles. The van der Waals surface area contributed by atoms with Crippen molar-refractivity contribution in [1.82, 2.24) is 20.1 Å². The molecule has 0 spiro atoms. The molecule has 0 bridgehead atoms. The predicted octanol–water partition coefficient (Wildman–Crippen LogP) is 3.87. The summed E-state index contributed by atoms with van der Waals surface area (Å²) in [6.07, 6.45) is 2.30. The Morgan fingerprint density at radius 1 is 1.08 bits per heavy atom. The van der Waals surface area contributed by atoms with Gasteiger partial charge in [-0.1, -0.05) is 30.0 Å². The standard InChI is InChI=1S/C26H25N5O4S/c1-2-34-20-11-9-19(10-12-20)31-23(16-27-25(33)22-8-5-15-35-22)28-29-26(31)36-17-24(32)30-14-13-18-6-3-4-7-21(18)30/h3-12,15H,2,13-14,16-17H2,1H3,(H,27,33). The van der Waals surface area contributed by atoms with E-state index in [1.165, 1.54) is 23.6 Å². The lowest BCUT2D eigenvalue weighted by atomic mass is 10.2. The molecular formula is C26H25N5O4S. The van der Waals surface area contributed by atoms with Crippen LogP contribution in [0.3, 0.4) is 0 Å². The lowest BCUT2D eigenvalue weighted by molar-refractivity contribution is -0.116. The van der Waals surface area contributed by atoms with Crippen molar-refractivity contribution in [1.29, 1.82) is 0 Å². The van der Waals surface area contributed by atoms with E-state index in [1.807, 2.05) is 58.9 Å². The van der Waals surface area contributed by atoms with Gasteiger partial charge in [-0.3, -0.25) is 14.2 Å². The summed E-state index contributed by atoms with van der Waals surface area (Å²) < 4.78 is 12.6. The molecular weight excluding hydrogens is 478 g/mol. The third-order valence-corrected chi connectivity index (χ3v) is 6.68. The fourth-order valence-corrected chi connectivity index (χ4v) is 4.93. The van der Waals surface area contributed by atoms with Gasteiger partial charge in [0, 0.05) is 17.9 Å². The van der Waals surface area contributed by atoms with E-state index in [9.17, 15) is 9.59 Å². The van der Waals surface area contributed by atoms with Crippen molar-refractivity contribution in [2.24, 2.45) is 0 Å². The molecule has 2 amide bonds. The van der Waals surface area contributed by atoms with Gasteiger partial charge in [-0.2, -0.15) is 0 Å². The van der Waals surface area contributed by atoms with Gasteiger partial charge in [0.05, 0.1) is 25.2 Å². The van der Waals surface area contributed by atoms with Crippen LogP contribution in [-0.2, 0) is 17.8 Å². The highest BCUT2D eigenvalue weighted by atomic mass is 32.2. The maximum atomic E-state index is 13.1. The normalized spacial score (nSPS) is 12.4. The van der Waals surface area contributed by atoms with Gasteiger partial charge < -0.3 is 19.4 Å². The second-order valence-corrected chi connectivity index (χ2v) is 8.98. The van der Waals surface area contributed by atoms with E-state index in [2.05, 4.69) is 21.6 Å². The third-order valence-electron chi connectivity index (χ3n) is 5.77. The molecule has 0 aliphatic carbocycles. The van der Waals surface area contributed by atoms with Crippen LogP contribution < -0.4 is 15.0 Å². The minimum atomic E-state index is -0.349. The molecule has 5 rings (SSSR count). The Balaban J connectivity index is 1.35. The van der Waals surface area contributed by atoms with Gasteiger partial charge in [-0.15, -0.1) is 10.2 Å². The Hall–Kier alpha value is -4.05. The number of furan rings is 1. The fraction of sp³-hybridized carbons (Fsp3) is 0.231. The summed E-state index contributed by atoms with van der Waals surface area (Å²) in [7, 11) is 0. The van der Waals surface area contributed by atoms with Crippen LogP contribution in [0.1, 0.15) is 28.9 Å². The van der Waals surface area contributed by atoms with E-state index in [4.69, 9.17) is 9.15 Å². The molecule has 2 aromatic heterocycles. The summed E-state index contributed by atoms with van der Waals surface area (Å²) in [6, 6.07) is 18.8. The summed E-state index contributed by atoms with van der Waals surface area (Å²) >= 11 is 1.31. The van der Waals surface area contributed by atoms with Gasteiger partial charge in [0.15, 0.2) is 16.7 Å². The molecule has 184 valence electrons. The Morgan fingerprint density at radius 3 is 2.69 bits per heavy atom. The Labute approximate surface area is 212 Å². The maximum absolute atomic E-state index is 13.1. The number of aromatic nitrogens is 3. The number of para-hydroxylation sites is 1. The van der Waals surface area contributed by atoms with Crippen LogP contribution in [0.2, 0.25) is 0 Å². The quantitative estimate of drug-likeness (QED) is 0.346. The van der Waals surface area contributed by atoms with Gasteiger partial charge in [-0.05, 0) is 61.4 Å². The summed E-state index contributed by atoms with van der Waals surface area (Å²) in [5, 5.41) is 12.0. The first-order valence-corrected chi connectivity index (χ1v) is 12.6. The molecule has 0 radical (unpaired) electrons. The second-order valence-electron chi connectivity index (χ2n) is 8.03. The maximum Gasteiger partial charge on any atom is 0.287 e. The average molecular weight is 504 g/mol. The number of nitrogens with one attached hydrogen (secondary N) is 1. The van der Waals surface area contributed by atoms with Gasteiger partial charge in [-0.25, -0.2) is 0 Å². The summed E-state index contributed by atoms with van der Waals surface area (Å²) in [5.41, 5.74) is 2.95. The molecule has 36 heavy (non-hydrogen) atoms. The first kappa shape index (κ1) is 23.7. The molecule has 2 aromatic carbocycles. The molecule has 0 unspecified atom stereocenters. The van der Waals surface area contributed by atoms with E-state index >= 15 is 0 Å². The number of hydrogen-bond donors (Lipinski definition) is 1. The van der Waals surface area contributed by atoms with E-state index in [0.29, 0.717) is 24.1 Å². The van der Waals surface area contributed by atoms with Gasteiger partial charge in [0.1, 0.15) is 5.75 Å². The first-order chi connectivity index (χ1) is 17.6. The SMILES string of the molecule is CCOc1ccc(-n2c(CNC(=O)c3ccco3)nnc2SCC(=O)N2CCc3ccccc32)cc1. The third kappa shape index (κ3) is 4.99. The smallest absolute Gasteiger partial charge is 0.287 e. The number of carbonyl (C=O) groups is 2. The molecule has 1 aliphatic rings. The van der Waals surface area contributed by atoms with Gasteiger partial charge in [0.2, 0.25) is 5.91 Å². The van der Waals surface area contributed by atoms with Crippen molar-refractivity contribution in [3.63, 3.8) is 0 Å². The fourth-order valence-electron chi connectivity index (χ4n) is 4.08. The van der Waals surface area contributed by atoms with Crippen molar-refractivity contribution in [3.8, 4) is 11.4 Å². The van der Waals surface area contributed by atoms with Crippen molar-refractivity contribution >= 4 is 29.3 Å². The number of fused-ring (bicyclic) bond motifs is 1. The van der Waals surface area contributed by atoms with E-state index < -0.39 is 0 Å². The van der Waals surface area contributed by atoms with Gasteiger partial charge in [0.25, 0.3) is 5.91 Å². The topological polar surface area (TPSA) is 102 Å². The number of thioether (sulfide) groups is 1. The minimum absolute atomic E-state index is 0.0128. The zero-order chi connectivity index (χ0) is 24.9. The lowest BCUT2D eigenvalue weighted by Crippen LogP contribution is -2.30. The van der Waals surface area contributed by atoms with Gasteiger partial charge >= 0.3 is 0 Å². The summed E-state index contributed by atoms with van der Waals surface area (Å²) in [5.74, 6) is 1.37. The average Bonchev–Trinajstić information content (AvgIpc) is 3.66. The highest BCUT2D eigenvalue weighted by Crippen LogP contribution is 2.29. The largest absolute Gasteiger partial charge is 0.494 e. The molecule has 0 atom stereocenters. The Morgan fingerprint density at radius 2 is 1.92 bits per heavy atom. The van der Waals surface area contributed by atoms with Crippen LogP contribution in [0.25, 0.3) is 5.69 Å². The monoisotopic (exact) mass is 503 g/mol. The number of carbonyl (C=O) groups excluding carboxylic acids is 2. The molecule has 9 nitrogen and oxygen atoms in total. The number of benzene rings is 2. The molecule has 1 aliphatic heterocycles. The van der Waals surface area contributed by atoms with Crippen molar-refractivity contribution in [3.05, 3.63) is 84.1 Å². The number of rotatable bonds is 9. The van der Waals surface area contributed by atoms with E-state index in [1.54, 1.807) is 12.1 Å². The minimum Gasteiger partial charge on any atom is -0.494 e. The second kappa shape index (κ2) is 10.7. The molecule has 10 heteroatoms. The van der Waals surface area contributed by atoms with Crippen LogP contribution in [0, 0.1) is 0 Å². The molecule has 4 aromatic rings. The number of hydrogen-bond acceptors (Lipinski definition) is 7. The zero-order valence-corrected chi connectivity index (χ0v) is 20.5. The van der Waals surface area contributed by atoms with Crippen molar-refractivity contribution < 1.29 is 18.7 Å². The zero-order valence-electron chi connectivity index (χ0n) is 19.7. The predicted molar refractivity (Wildman–Crippen MR) is 136 cm³/mol. The Kier molecular flexibility index (Phi) is 7.03. The van der Waals surface area contributed by atoms with Crippen LogP contribution in [-0.4, -0.2) is 45.5 Å². The number of ether oxygens (including phenoxy) is 1. The number of amides is 2. The highest BCUT2D eigenvalue weighted by molar-refractivity contribution is 7.99. The molecule has 0 saturated heterocycles. The van der Waals surface area contributed by atoms with Crippen LogP contribution in [0.15, 0.2) is 76.5 Å².